The molecule has 4 heteroatoms. The molecule has 0 bridgehead atoms. The van der Waals surface area contributed by atoms with Crippen molar-refractivity contribution in [3.8, 4) is 0 Å². The molecule has 1 N–H and O–H groups in total. The van der Waals surface area contributed by atoms with Crippen molar-refractivity contribution in [3.63, 3.8) is 0 Å². The largest absolute Gasteiger partial charge is 0.340 e. The van der Waals surface area contributed by atoms with Crippen molar-refractivity contribution < 1.29 is 4.79 Å². The summed E-state index contributed by atoms with van der Waals surface area (Å²) in [6, 6.07) is 6.42. The fourth-order valence-corrected chi connectivity index (χ4v) is 2.74. The number of benzene rings is 1. The highest BCUT2D eigenvalue weighted by Gasteiger charge is 2.16. The summed E-state index contributed by atoms with van der Waals surface area (Å²) in [6.07, 6.45) is 1.12. The Kier molecular flexibility index (Phi) is 5.76. The molecule has 1 heterocycles. The maximum atomic E-state index is 12.4. The molecule has 0 aromatic heterocycles. The van der Waals surface area contributed by atoms with Crippen LogP contribution in [0, 0.1) is 13.8 Å². The minimum atomic E-state index is 0.205. The van der Waals surface area contributed by atoms with E-state index < -0.39 is 0 Å². The molecular formula is C17H27N3O. The quantitative estimate of drug-likeness (QED) is 0.913. The van der Waals surface area contributed by atoms with Gasteiger partial charge in [-0.25, -0.2) is 0 Å². The average molecular weight is 289 g/mol. The highest BCUT2D eigenvalue weighted by molar-refractivity contribution is 5.78. The van der Waals surface area contributed by atoms with Gasteiger partial charge >= 0.3 is 0 Å². The van der Waals surface area contributed by atoms with E-state index in [9.17, 15) is 4.79 Å². The van der Waals surface area contributed by atoms with Crippen LogP contribution < -0.4 is 5.32 Å². The maximum absolute atomic E-state index is 12.4. The lowest BCUT2D eigenvalue weighted by Crippen LogP contribution is -2.39. The lowest BCUT2D eigenvalue weighted by atomic mass is 10.1. The van der Waals surface area contributed by atoms with Crippen molar-refractivity contribution in [3.05, 3.63) is 34.9 Å². The Morgan fingerprint density at radius 1 is 1.29 bits per heavy atom. The molecule has 0 unspecified atom stereocenters. The molecule has 21 heavy (non-hydrogen) atoms. The highest BCUT2D eigenvalue weighted by atomic mass is 16.2. The van der Waals surface area contributed by atoms with E-state index >= 15 is 0 Å². The number of hydrogen-bond donors (Lipinski definition) is 1. The molecule has 0 saturated carbocycles. The highest BCUT2D eigenvalue weighted by Crippen LogP contribution is 2.12. The maximum Gasteiger partial charge on any atom is 0.236 e. The third-order valence-corrected chi connectivity index (χ3v) is 4.12. The van der Waals surface area contributed by atoms with E-state index in [0.717, 1.165) is 32.6 Å². The monoisotopic (exact) mass is 289 g/mol. The number of carbonyl (C=O) groups is 1. The molecule has 1 fully saturated rings. The van der Waals surface area contributed by atoms with E-state index in [2.05, 4.69) is 42.3 Å². The Morgan fingerprint density at radius 3 is 2.86 bits per heavy atom. The Hall–Kier alpha value is -1.39. The summed E-state index contributed by atoms with van der Waals surface area (Å²) in [4.78, 5) is 16.5. The minimum absolute atomic E-state index is 0.205. The van der Waals surface area contributed by atoms with E-state index in [1.54, 1.807) is 0 Å². The number of nitrogens with one attached hydrogen (secondary N) is 1. The molecule has 1 aromatic carbocycles. The zero-order valence-corrected chi connectivity index (χ0v) is 13.5. The summed E-state index contributed by atoms with van der Waals surface area (Å²) in [5.74, 6) is 0.205. The number of nitrogens with zero attached hydrogens (tertiary/aromatic N) is 2. The zero-order valence-electron chi connectivity index (χ0n) is 13.5. The van der Waals surface area contributed by atoms with E-state index in [1.165, 1.54) is 16.7 Å². The van der Waals surface area contributed by atoms with Crippen molar-refractivity contribution in [2.45, 2.75) is 26.8 Å². The second-order valence-corrected chi connectivity index (χ2v) is 6.06. The van der Waals surface area contributed by atoms with Crippen molar-refractivity contribution in [1.82, 2.24) is 15.1 Å². The minimum Gasteiger partial charge on any atom is -0.340 e. The Bertz CT molecular complexity index is 479. The van der Waals surface area contributed by atoms with Gasteiger partial charge in [-0.3, -0.25) is 9.69 Å². The normalized spacial score (nSPS) is 16.5. The van der Waals surface area contributed by atoms with Crippen LogP contribution in [-0.4, -0.2) is 55.5 Å². The van der Waals surface area contributed by atoms with E-state index in [1.807, 2.05) is 11.9 Å². The van der Waals surface area contributed by atoms with Gasteiger partial charge in [-0.2, -0.15) is 0 Å². The van der Waals surface area contributed by atoms with Gasteiger partial charge in [0.25, 0.3) is 0 Å². The zero-order chi connectivity index (χ0) is 15.2. The van der Waals surface area contributed by atoms with Gasteiger partial charge in [0.2, 0.25) is 5.91 Å². The Morgan fingerprint density at radius 2 is 2.10 bits per heavy atom. The molecule has 1 amide bonds. The molecule has 1 aromatic rings. The second kappa shape index (κ2) is 7.57. The van der Waals surface area contributed by atoms with Gasteiger partial charge in [0.1, 0.15) is 0 Å². The van der Waals surface area contributed by atoms with Crippen LogP contribution in [0.1, 0.15) is 23.1 Å². The van der Waals surface area contributed by atoms with Crippen LogP contribution in [0.25, 0.3) is 0 Å². The first-order valence-electron chi connectivity index (χ1n) is 7.79. The second-order valence-electron chi connectivity index (χ2n) is 6.06. The number of likely N-dealkylation sites (N-methyl/N-ethyl adjacent to an activating group) is 1. The standard InChI is InChI=1S/C17H27N3O/c1-14-5-6-16(15(2)11-14)12-19(3)17(21)13-20-9-4-7-18-8-10-20/h5-6,11,18H,4,7-10,12-13H2,1-3H3. The first-order chi connectivity index (χ1) is 10.1. The molecule has 2 rings (SSSR count). The summed E-state index contributed by atoms with van der Waals surface area (Å²) >= 11 is 0. The molecule has 0 atom stereocenters. The first-order valence-corrected chi connectivity index (χ1v) is 7.79. The molecule has 0 spiro atoms. The van der Waals surface area contributed by atoms with Gasteiger partial charge in [0.15, 0.2) is 0 Å². The van der Waals surface area contributed by atoms with Crippen LogP contribution in [0.5, 0.6) is 0 Å². The predicted octanol–water partition coefficient (Wildman–Crippen LogP) is 1.56. The average Bonchev–Trinajstić information content (AvgIpc) is 2.70. The summed E-state index contributed by atoms with van der Waals surface area (Å²) in [6.45, 7) is 9.44. The third-order valence-electron chi connectivity index (χ3n) is 4.12. The van der Waals surface area contributed by atoms with Crippen LogP contribution in [0.4, 0.5) is 0 Å². The molecular weight excluding hydrogens is 262 g/mol. The Labute approximate surface area is 128 Å². The molecule has 0 radical (unpaired) electrons. The van der Waals surface area contributed by atoms with Gasteiger partial charge in [0, 0.05) is 26.7 Å². The number of aryl methyl sites for hydroxylation is 2. The molecule has 1 aliphatic rings. The van der Waals surface area contributed by atoms with Crippen molar-refractivity contribution in [2.24, 2.45) is 0 Å². The van der Waals surface area contributed by atoms with Crippen LogP contribution in [-0.2, 0) is 11.3 Å². The smallest absolute Gasteiger partial charge is 0.236 e. The van der Waals surface area contributed by atoms with Crippen molar-refractivity contribution >= 4 is 5.91 Å². The molecule has 116 valence electrons. The predicted molar refractivity (Wildman–Crippen MR) is 86.3 cm³/mol. The van der Waals surface area contributed by atoms with Crippen LogP contribution in [0.2, 0.25) is 0 Å². The number of rotatable bonds is 4. The van der Waals surface area contributed by atoms with Crippen LogP contribution in [0.15, 0.2) is 18.2 Å². The van der Waals surface area contributed by atoms with E-state index in [4.69, 9.17) is 0 Å². The fraction of sp³-hybridized carbons (Fsp3) is 0.588. The first kappa shape index (κ1) is 16.0. The van der Waals surface area contributed by atoms with E-state index in [0.29, 0.717) is 13.1 Å². The van der Waals surface area contributed by atoms with Crippen molar-refractivity contribution in [1.29, 1.82) is 0 Å². The van der Waals surface area contributed by atoms with Crippen molar-refractivity contribution in [2.75, 3.05) is 39.8 Å². The number of amides is 1. The van der Waals surface area contributed by atoms with E-state index in [-0.39, 0.29) is 5.91 Å². The van der Waals surface area contributed by atoms with Crippen LogP contribution in [0.3, 0.4) is 0 Å². The lowest BCUT2D eigenvalue weighted by Gasteiger charge is -2.24. The summed E-state index contributed by atoms with van der Waals surface area (Å²) in [5, 5.41) is 3.37. The molecule has 1 saturated heterocycles. The summed E-state index contributed by atoms with van der Waals surface area (Å²) < 4.78 is 0. The summed E-state index contributed by atoms with van der Waals surface area (Å²) in [7, 11) is 1.90. The van der Waals surface area contributed by atoms with Gasteiger partial charge in [-0.05, 0) is 44.5 Å². The van der Waals surface area contributed by atoms with Gasteiger partial charge in [0.05, 0.1) is 6.54 Å². The SMILES string of the molecule is Cc1ccc(CN(C)C(=O)CN2CCCNCC2)c(C)c1. The Balaban J connectivity index is 1.89. The number of carbonyl (C=O) groups excluding carboxylic acids is 1. The summed E-state index contributed by atoms with van der Waals surface area (Å²) in [5.41, 5.74) is 3.75. The van der Waals surface area contributed by atoms with Gasteiger partial charge in [-0.15, -0.1) is 0 Å². The fourth-order valence-electron chi connectivity index (χ4n) is 2.74. The molecule has 4 nitrogen and oxygen atoms in total. The molecule has 1 aliphatic heterocycles. The van der Waals surface area contributed by atoms with Gasteiger partial charge in [-0.1, -0.05) is 23.8 Å². The topological polar surface area (TPSA) is 35.6 Å². The van der Waals surface area contributed by atoms with Gasteiger partial charge < -0.3 is 10.2 Å². The number of hydrogen-bond acceptors (Lipinski definition) is 3. The third kappa shape index (κ3) is 4.83. The van der Waals surface area contributed by atoms with Crippen LogP contribution >= 0.6 is 0 Å². The molecule has 0 aliphatic carbocycles. The lowest BCUT2D eigenvalue weighted by molar-refractivity contribution is -0.131.